The Morgan fingerprint density at radius 2 is 2.15 bits per heavy atom. The van der Waals surface area contributed by atoms with E-state index in [4.69, 9.17) is 28.6 Å². The highest BCUT2D eigenvalue weighted by molar-refractivity contribution is 7.80. The van der Waals surface area contributed by atoms with Gasteiger partial charge in [0.05, 0.1) is 0 Å². The number of nitrogens with zero attached hydrogens (tertiary/aromatic N) is 1. The summed E-state index contributed by atoms with van der Waals surface area (Å²) >= 11 is 11.3. The standard InChI is InChI=1S/C21H31ClN2OS/c1-2-5-17-8-11-21(12-9-17)10-4-13-24(21)14-15-25-20(26)23-19-7-3-6-18(22)16-19/h3,6-7,16-17H,2,4-5,8-15H2,1H3,(H,23,26). The quantitative estimate of drug-likeness (QED) is 0.609. The van der Waals surface area contributed by atoms with Crippen LogP contribution in [0.15, 0.2) is 24.3 Å². The molecule has 1 heterocycles. The number of rotatable bonds is 6. The van der Waals surface area contributed by atoms with Crippen LogP contribution in [0.5, 0.6) is 0 Å². The van der Waals surface area contributed by atoms with Gasteiger partial charge in [0.1, 0.15) is 6.61 Å². The smallest absolute Gasteiger partial charge is 0.261 e. The Bertz CT molecular complexity index is 601. The topological polar surface area (TPSA) is 24.5 Å². The van der Waals surface area contributed by atoms with Gasteiger partial charge in [-0.05, 0) is 81.4 Å². The fourth-order valence-corrected chi connectivity index (χ4v) is 5.18. The molecule has 2 aliphatic rings. The van der Waals surface area contributed by atoms with E-state index >= 15 is 0 Å². The molecule has 0 bridgehead atoms. The lowest BCUT2D eigenvalue weighted by Crippen LogP contribution is -2.47. The van der Waals surface area contributed by atoms with E-state index in [1.54, 1.807) is 0 Å². The first-order valence-corrected chi connectivity index (χ1v) is 10.8. The lowest BCUT2D eigenvalue weighted by Gasteiger charge is -2.44. The summed E-state index contributed by atoms with van der Waals surface area (Å²) in [6, 6.07) is 7.53. The molecule has 1 aliphatic heterocycles. The van der Waals surface area contributed by atoms with E-state index in [0.29, 0.717) is 22.3 Å². The molecule has 1 spiro atoms. The summed E-state index contributed by atoms with van der Waals surface area (Å²) in [7, 11) is 0. The maximum atomic E-state index is 6.00. The molecule has 3 nitrogen and oxygen atoms in total. The van der Waals surface area contributed by atoms with Gasteiger partial charge in [0.2, 0.25) is 0 Å². The van der Waals surface area contributed by atoms with E-state index in [0.717, 1.165) is 18.2 Å². The summed E-state index contributed by atoms with van der Waals surface area (Å²) in [6.45, 7) is 5.13. The maximum Gasteiger partial charge on any atom is 0.261 e. The monoisotopic (exact) mass is 394 g/mol. The van der Waals surface area contributed by atoms with Gasteiger partial charge in [0.15, 0.2) is 0 Å². The molecule has 26 heavy (non-hydrogen) atoms. The van der Waals surface area contributed by atoms with Crippen molar-refractivity contribution in [1.82, 2.24) is 4.90 Å². The predicted molar refractivity (Wildman–Crippen MR) is 114 cm³/mol. The summed E-state index contributed by atoms with van der Waals surface area (Å²) in [4.78, 5) is 2.68. The molecule has 1 N–H and O–H groups in total. The van der Waals surface area contributed by atoms with E-state index in [1.165, 1.54) is 57.9 Å². The second-order valence-electron chi connectivity index (χ2n) is 7.82. The van der Waals surface area contributed by atoms with Crippen molar-refractivity contribution < 1.29 is 4.74 Å². The minimum absolute atomic E-state index is 0.423. The number of thiocarbonyl (C=S) groups is 1. The molecular formula is C21H31ClN2OS. The highest BCUT2D eigenvalue weighted by Crippen LogP contribution is 2.44. The number of anilines is 1. The summed E-state index contributed by atoms with van der Waals surface area (Å²) in [5, 5.41) is 4.22. The number of ether oxygens (including phenoxy) is 1. The molecule has 0 atom stereocenters. The fraction of sp³-hybridized carbons (Fsp3) is 0.667. The molecule has 1 aromatic carbocycles. The predicted octanol–water partition coefficient (Wildman–Crippen LogP) is 5.88. The van der Waals surface area contributed by atoms with E-state index in [-0.39, 0.29) is 0 Å². The Kier molecular flexibility index (Phi) is 7.19. The minimum Gasteiger partial charge on any atom is -0.469 e. The molecule has 0 unspecified atom stereocenters. The zero-order chi connectivity index (χ0) is 18.4. The Morgan fingerprint density at radius 3 is 2.88 bits per heavy atom. The van der Waals surface area contributed by atoms with Crippen LogP contribution in [0.2, 0.25) is 5.02 Å². The SMILES string of the molecule is CCCC1CCC2(CCCN2CCOC(=S)Nc2cccc(Cl)c2)CC1. The normalized spacial score (nSPS) is 26.2. The fourth-order valence-electron chi connectivity index (χ4n) is 4.79. The van der Waals surface area contributed by atoms with Crippen molar-refractivity contribution in [1.29, 1.82) is 0 Å². The molecule has 0 aromatic heterocycles. The zero-order valence-corrected chi connectivity index (χ0v) is 17.4. The van der Waals surface area contributed by atoms with Crippen LogP contribution in [-0.4, -0.2) is 35.3 Å². The molecule has 3 rings (SSSR count). The van der Waals surface area contributed by atoms with Crippen molar-refractivity contribution in [3.8, 4) is 0 Å². The molecule has 1 saturated heterocycles. The highest BCUT2D eigenvalue weighted by atomic mass is 35.5. The largest absolute Gasteiger partial charge is 0.469 e. The molecular weight excluding hydrogens is 364 g/mol. The van der Waals surface area contributed by atoms with Gasteiger partial charge in [0.25, 0.3) is 5.17 Å². The van der Waals surface area contributed by atoms with Gasteiger partial charge in [-0.1, -0.05) is 37.4 Å². The van der Waals surface area contributed by atoms with E-state index in [2.05, 4.69) is 17.1 Å². The molecule has 0 radical (unpaired) electrons. The van der Waals surface area contributed by atoms with Crippen molar-refractivity contribution in [2.75, 3.05) is 25.0 Å². The number of likely N-dealkylation sites (tertiary alicyclic amines) is 1. The molecule has 1 aliphatic carbocycles. The molecule has 0 amide bonds. The van der Waals surface area contributed by atoms with Crippen LogP contribution in [0.3, 0.4) is 0 Å². The first-order valence-electron chi connectivity index (χ1n) is 10.1. The minimum atomic E-state index is 0.423. The van der Waals surface area contributed by atoms with Crippen LogP contribution in [0.1, 0.15) is 58.3 Å². The molecule has 2 fully saturated rings. The van der Waals surface area contributed by atoms with Gasteiger partial charge in [0, 0.05) is 22.8 Å². The number of hydrogen-bond donors (Lipinski definition) is 1. The van der Waals surface area contributed by atoms with E-state index < -0.39 is 0 Å². The van der Waals surface area contributed by atoms with Crippen molar-refractivity contribution in [3.05, 3.63) is 29.3 Å². The molecule has 5 heteroatoms. The zero-order valence-electron chi connectivity index (χ0n) is 15.8. The number of benzene rings is 1. The molecule has 1 aromatic rings. The van der Waals surface area contributed by atoms with Gasteiger partial charge in [-0.2, -0.15) is 0 Å². The Labute approximate surface area is 168 Å². The summed E-state index contributed by atoms with van der Waals surface area (Å²) in [5.74, 6) is 0.957. The van der Waals surface area contributed by atoms with Gasteiger partial charge < -0.3 is 10.1 Å². The van der Waals surface area contributed by atoms with Crippen molar-refractivity contribution in [3.63, 3.8) is 0 Å². The van der Waals surface area contributed by atoms with Crippen molar-refractivity contribution >= 4 is 34.7 Å². The Morgan fingerprint density at radius 1 is 1.35 bits per heavy atom. The highest BCUT2D eigenvalue weighted by Gasteiger charge is 2.42. The van der Waals surface area contributed by atoms with Crippen LogP contribution in [0.25, 0.3) is 0 Å². The first kappa shape index (κ1) is 19.9. The van der Waals surface area contributed by atoms with Crippen LogP contribution in [0.4, 0.5) is 5.69 Å². The van der Waals surface area contributed by atoms with Crippen molar-refractivity contribution in [2.45, 2.75) is 63.8 Å². The van der Waals surface area contributed by atoms with Crippen LogP contribution < -0.4 is 5.32 Å². The van der Waals surface area contributed by atoms with E-state index in [9.17, 15) is 0 Å². The van der Waals surface area contributed by atoms with Gasteiger partial charge in [-0.25, -0.2) is 0 Å². The van der Waals surface area contributed by atoms with E-state index in [1.807, 2.05) is 24.3 Å². The summed E-state index contributed by atoms with van der Waals surface area (Å²) < 4.78 is 5.78. The second-order valence-corrected chi connectivity index (χ2v) is 8.63. The van der Waals surface area contributed by atoms with Crippen LogP contribution in [0, 0.1) is 5.92 Å². The summed E-state index contributed by atoms with van der Waals surface area (Å²) in [6.07, 6.45) is 10.9. The van der Waals surface area contributed by atoms with Gasteiger partial charge >= 0.3 is 0 Å². The average Bonchev–Trinajstić information content (AvgIpc) is 3.00. The Hall–Kier alpha value is -0.840. The van der Waals surface area contributed by atoms with Gasteiger partial charge in [-0.15, -0.1) is 0 Å². The first-order chi connectivity index (χ1) is 12.6. The summed E-state index contributed by atoms with van der Waals surface area (Å²) in [5.41, 5.74) is 1.31. The van der Waals surface area contributed by atoms with Crippen LogP contribution in [-0.2, 0) is 4.74 Å². The Balaban J connectivity index is 1.43. The lowest BCUT2D eigenvalue weighted by molar-refractivity contribution is 0.0596. The molecule has 144 valence electrons. The second kappa shape index (κ2) is 9.38. The van der Waals surface area contributed by atoms with Crippen LogP contribution >= 0.6 is 23.8 Å². The molecule has 1 saturated carbocycles. The third-order valence-corrected chi connectivity index (χ3v) is 6.59. The lowest BCUT2D eigenvalue weighted by atomic mass is 9.74. The van der Waals surface area contributed by atoms with Gasteiger partial charge in [-0.3, -0.25) is 4.90 Å². The maximum absolute atomic E-state index is 6.00. The number of halogens is 1. The van der Waals surface area contributed by atoms with Crippen molar-refractivity contribution in [2.24, 2.45) is 5.92 Å². The average molecular weight is 395 g/mol. The third kappa shape index (κ3) is 5.11. The number of hydrogen-bond acceptors (Lipinski definition) is 3. The number of nitrogens with one attached hydrogen (secondary N) is 1. The third-order valence-electron chi connectivity index (χ3n) is 6.14.